The maximum absolute atomic E-state index is 13.2. The van der Waals surface area contributed by atoms with E-state index in [9.17, 15) is 4.39 Å². The van der Waals surface area contributed by atoms with Crippen molar-refractivity contribution in [1.82, 2.24) is 0 Å². The Kier molecular flexibility index (Phi) is 3.85. The average molecular weight is 323 g/mol. The smallest absolute Gasteiger partial charge is 0.139 e. The summed E-state index contributed by atoms with van der Waals surface area (Å²) in [6, 6.07) is 9.45. The summed E-state index contributed by atoms with van der Waals surface area (Å²) < 4.78 is 19.7. The SMILES string of the molecule is Cc1ccc(F)cc1Oc1cc(Br)ccc1C(=N)N. The minimum atomic E-state index is -0.375. The first-order chi connectivity index (χ1) is 8.97. The van der Waals surface area contributed by atoms with Gasteiger partial charge < -0.3 is 10.5 Å². The number of aryl methyl sites for hydroxylation is 1. The number of nitrogens with one attached hydrogen (secondary N) is 1. The summed E-state index contributed by atoms with van der Waals surface area (Å²) in [6.07, 6.45) is 0. The lowest BCUT2D eigenvalue weighted by molar-refractivity contribution is 0.471. The molecule has 19 heavy (non-hydrogen) atoms. The molecule has 0 aliphatic heterocycles. The summed E-state index contributed by atoms with van der Waals surface area (Å²) in [7, 11) is 0. The standard InChI is InChI=1S/C14H12BrFN2O/c1-8-2-4-10(16)7-12(8)19-13-6-9(15)3-5-11(13)14(17)18/h2-7H,1H3,(H3,17,18). The highest BCUT2D eigenvalue weighted by molar-refractivity contribution is 9.10. The largest absolute Gasteiger partial charge is 0.456 e. The predicted octanol–water partition coefficient (Wildman–Crippen LogP) is 3.97. The zero-order chi connectivity index (χ0) is 14.0. The van der Waals surface area contributed by atoms with E-state index in [0.29, 0.717) is 17.1 Å². The van der Waals surface area contributed by atoms with Crippen LogP contribution in [0.25, 0.3) is 0 Å². The van der Waals surface area contributed by atoms with Crippen LogP contribution in [0.15, 0.2) is 40.9 Å². The van der Waals surface area contributed by atoms with E-state index >= 15 is 0 Å². The van der Waals surface area contributed by atoms with Gasteiger partial charge in [0.2, 0.25) is 0 Å². The third kappa shape index (κ3) is 3.12. The van der Waals surface area contributed by atoms with Crippen LogP contribution in [0.5, 0.6) is 11.5 Å². The van der Waals surface area contributed by atoms with Crippen molar-refractivity contribution < 1.29 is 9.13 Å². The number of rotatable bonds is 3. The Balaban J connectivity index is 2.45. The Hall–Kier alpha value is -1.88. The molecule has 0 saturated heterocycles. The van der Waals surface area contributed by atoms with E-state index in [-0.39, 0.29) is 11.7 Å². The highest BCUT2D eigenvalue weighted by atomic mass is 79.9. The maximum atomic E-state index is 13.2. The molecule has 2 aromatic rings. The molecule has 0 aliphatic carbocycles. The Morgan fingerprint density at radius 1 is 1.21 bits per heavy atom. The fourth-order valence-electron chi connectivity index (χ4n) is 1.61. The molecule has 0 saturated carbocycles. The number of halogens is 2. The van der Waals surface area contributed by atoms with Gasteiger partial charge in [0.1, 0.15) is 23.2 Å². The molecule has 0 unspecified atom stereocenters. The minimum Gasteiger partial charge on any atom is -0.456 e. The molecule has 0 bridgehead atoms. The monoisotopic (exact) mass is 322 g/mol. The van der Waals surface area contributed by atoms with Crippen LogP contribution < -0.4 is 10.5 Å². The molecule has 98 valence electrons. The van der Waals surface area contributed by atoms with E-state index in [2.05, 4.69) is 15.9 Å². The Morgan fingerprint density at radius 3 is 2.63 bits per heavy atom. The minimum absolute atomic E-state index is 0.100. The summed E-state index contributed by atoms with van der Waals surface area (Å²) in [6.45, 7) is 1.82. The van der Waals surface area contributed by atoms with Gasteiger partial charge in [-0.25, -0.2) is 4.39 Å². The summed E-state index contributed by atoms with van der Waals surface area (Å²) in [5, 5.41) is 7.52. The van der Waals surface area contributed by atoms with E-state index in [1.165, 1.54) is 12.1 Å². The first-order valence-corrected chi connectivity index (χ1v) is 6.34. The highest BCUT2D eigenvalue weighted by Gasteiger charge is 2.10. The van der Waals surface area contributed by atoms with Crippen molar-refractivity contribution in [2.45, 2.75) is 6.92 Å². The van der Waals surface area contributed by atoms with Crippen molar-refractivity contribution >= 4 is 21.8 Å². The van der Waals surface area contributed by atoms with Gasteiger partial charge in [0.25, 0.3) is 0 Å². The second-order valence-corrected chi connectivity index (χ2v) is 4.98. The van der Waals surface area contributed by atoms with Gasteiger partial charge in [-0.05, 0) is 36.8 Å². The lowest BCUT2D eigenvalue weighted by Gasteiger charge is -2.12. The fraction of sp³-hybridized carbons (Fsp3) is 0.0714. The molecule has 3 N–H and O–H groups in total. The van der Waals surface area contributed by atoms with Crippen molar-refractivity contribution in [1.29, 1.82) is 5.41 Å². The first-order valence-electron chi connectivity index (χ1n) is 5.55. The molecule has 0 radical (unpaired) electrons. The molecule has 0 aliphatic rings. The third-order valence-electron chi connectivity index (χ3n) is 2.60. The van der Waals surface area contributed by atoms with E-state index in [1.807, 2.05) is 6.92 Å². The zero-order valence-corrected chi connectivity index (χ0v) is 11.8. The van der Waals surface area contributed by atoms with Gasteiger partial charge in [-0.2, -0.15) is 0 Å². The molecule has 0 heterocycles. The van der Waals surface area contributed by atoms with Crippen LogP contribution in [0.3, 0.4) is 0 Å². The molecule has 0 amide bonds. The van der Waals surface area contributed by atoms with Gasteiger partial charge in [-0.15, -0.1) is 0 Å². The van der Waals surface area contributed by atoms with Crippen LogP contribution in [0.1, 0.15) is 11.1 Å². The van der Waals surface area contributed by atoms with Gasteiger partial charge >= 0.3 is 0 Å². The molecular weight excluding hydrogens is 311 g/mol. The average Bonchev–Trinajstić information content (AvgIpc) is 2.33. The molecule has 0 aromatic heterocycles. The predicted molar refractivity (Wildman–Crippen MR) is 76.4 cm³/mol. The van der Waals surface area contributed by atoms with E-state index < -0.39 is 0 Å². The number of benzene rings is 2. The summed E-state index contributed by atoms with van der Waals surface area (Å²) >= 11 is 3.33. The number of nitrogens with two attached hydrogens (primary N) is 1. The summed E-state index contributed by atoms with van der Waals surface area (Å²) in [4.78, 5) is 0. The molecule has 0 atom stereocenters. The van der Waals surface area contributed by atoms with Crippen LogP contribution in [-0.2, 0) is 0 Å². The fourth-order valence-corrected chi connectivity index (χ4v) is 1.95. The van der Waals surface area contributed by atoms with E-state index in [4.69, 9.17) is 15.9 Å². The Morgan fingerprint density at radius 2 is 1.95 bits per heavy atom. The summed E-state index contributed by atoms with van der Waals surface area (Å²) in [5.74, 6) is 0.340. The van der Waals surface area contributed by atoms with Crippen molar-refractivity contribution in [3.63, 3.8) is 0 Å². The van der Waals surface area contributed by atoms with Gasteiger partial charge in [0.15, 0.2) is 0 Å². The van der Waals surface area contributed by atoms with Crippen LogP contribution in [-0.4, -0.2) is 5.84 Å². The molecule has 0 fully saturated rings. The van der Waals surface area contributed by atoms with Crippen molar-refractivity contribution in [3.8, 4) is 11.5 Å². The number of hydrogen-bond acceptors (Lipinski definition) is 2. The van der Waals surface area contributed by atoms with E-state index in [0.717, 1.165) is 10.0 Å². The Labute approximate surface area is 118 Å². The van der Waals surface area contributed by atoms with Gasteiger partial charge in [-0.3, -0.25) is 5.41 Å². The first kappa shape index (κ1) is 13.5. The van der Waals surface area contributed by atoms with Crippen molar-refractivity contribution in [2.24, 2.45) is 5.73 Å². The molecule has 2 rings (SSSR count). The lowest BCUT2D eigenvalue weighted by atomic mass is 10.1. The highest BCUT2D eigenvalue weighted by Crippen LogP contribution is 2.30. The van der Waals surface area contributed by atoms with Gasteiger partial charge in [0, 0.05) is 10.5 Å². The van der Waals surface area contributed by atoms with E-state index in [1.54, 1.807) is 24.3 Å². The summed E-state index contributed by atoms with van der Waals surface area (Å²) in [5.41, 5.74) is 6.77. The molecule has 5 heteroatoms. The van der Waals surface area contributed by atoms with Gasteiger partial charge in [0.05, 0.1) is 5.56 Å². The number of ether oxygens (including phenoxy) is 1. The third-order valence-corrected chi connectivity index (χ3v) is 3.10. The lowest BCUT2D eigenvalue weighted by Crippen LogP contribution is -2.12. The molecule has 3 nitrogen and oxygen atoms in total. The van der Waals surface area contributed by atoms with Crippen molar-refractivity contribution in [2.75, 3.05) is 0 Å². The van der Waals surface area contributed by atoms with Crippen molar-refractivity contribution in [3.05, 3.63) is 57.8 Å². The second-order valence-electron chi connectivity index (χ2n) is 4.07. The normalized spacial score (nSPS) is 10.3. The Bertz CT molecular complexity index is 643. The molecule has 2 aromatic carbocycles. The topological polar surface area (TPSA) is 59.1 Å². The molecule has 0 spiro atoms. The van der Waals surface area contributed by atoms with Crippen LogP contribution in [0, 0.1) is 18.2 Å². The number of nitrogen functional groups attached to an aromatic ring is 1. The van der Waals surface area contributed by atoms with Crippen LogP contribution in [0.4, 0.5) is 4.39 Å². The number of hydrogen-bond donors (Lipinski definition) is 2. The molecular formula is C14H12BrFN2O. The number of amidine groups is 1. The second kappa shape index (κ2) is 5.40. The van der Waals surface area contributed by atoms with Crippen LogP contribution in [0.2, 0.25) is 0 Å². The maximum Gasteiger partial charge on any atom is 0.139 e. The quantitative estimate of drug-likeness (QED) is 0.663. The van der Waals surface area contributed by atoms with Crippen LogP contribution >= 0.6 is 15.9 Å². The van der Waals surface area contributed by atoms with Gasteiger partial charge in [-0.1, -0.05) is 22.0 Å². The zero-order valence-electron chi connectivity index (χ0n) is 10.2.